The van der Waals surface area contributed by atoms with E-state index in [1.54, 1.807) is 6.92 Å². The van der Waals surface area contributed by atoms with Crippen molar-refractivity contribution in [2.45, 2.75) is 31.2 Å². The summed E-state index contributed by atoms with van der Waals surface area (Å²) in [5.41, 5.74) is 0. The Morgan fingerprint density at radius 1 is 1.67 bits per heavy atom. The van der Waals surface area contributed by atoms with E-state index in [2.05, 4.69) is 14.9 Å². The van der Waals surface area contributed by atoms with Crippen molar-refractivity contribution in [1.29, 1.82) is 0 Å². The quantitative estimate of drug-likeness (QED) is 0.749. The monoisotopic (exact) mass is 231 g/mol. The second-order valence-electron chi connectivity index (χ2n) is 3.10. The highest BCUT2D eigenvalue weighted by atomic mass is 32.2. The van der Waals surface area contributed by atoms with Crippen LogP contribution in [0.1, 0.15) is 20.3 Å². The van der Waals surface area contributed by atoms with E-state index in [1.807, 2.05) is 0 Å². The van der Waals surface area contributed by atoms with Crippen LogP contribution in [0.2, 0.25) is 0 Å². The zero-order valence-corrected chi connectivity index (χ0v) is 9.34. The Morgan fingerprint density at radius 2 is 2.33 bits per heavy atom. The van der Waals surface area contributed by atoms with Crippen LogP contribution in [0, 0.1) is 0 Å². The van der Waals surface area contributed by atoms with Crippen molar-refractivity contribution in [3.8, 4) is 0 Å². The average molecular weight is 231 g/mol. The summed E-state index contributed by atoms with van der Waals surface area (Å²) in [5.74, 6) is -0.151. The molecule has 15 heavy (non-hydrogen) atoms. The SMILES string of the molecule is CCC(=O)C(C)NS(=O)(=O)c1cn[nH]c1. The molecule has 0 spiro atoms. The first-order valence-corrected chi connectivity index (χ1v) is 5.99. The summed E-state index contributed by atoms with van der Waals surface area (Å²) in [5, 5.41) is 5.93. The first kappa shape index (κ1) is 11.9. The van der Waals surface area contributed by atoms with Gasteiger partial charge in [0, 0.05) is 12.6 Å². The molecule has 84 valence electrons. The minimum absolute atomic E-state index is 0.0262. The van der Waals surface area contributed by atoms with Gasteiger partial charge in [-0.3, -0.25) is 9.89 Å². The van der Waals surface area contributed by atoms with E-state index in [0.29, 0.717) is 6.42 Å². The van der Waals surface area contributed by atoms with E-state index in [0.717, 1.165) is 0 Å². The molecule has 1 aromatic rings. The Balaban J connectivity index is 2.78. The van der Waals surface area contributed by atoms with Crippen LogP contribution in [0.3, 0.4) is 0 Å². The van der Waals surface area contributed by atoms with E-state index >= 15 is 0 Å². The number of hydrogen-bond donors (Lipinski definition) is 2. The third-order valence-electron chi connectivity index (χ3n) is 1.95. The van der Waals surface area contributed by atoms with Crippen molar-refractivity contribution in [3.63, 3.8) is 0 Å². The molecular weight excluding hydrogens is 218 g/mol. The van der Waals surface area contributed by atoms with Gasteiger partial charge in [0.05, 0.1) is 12.2 Å². The van der Waals surface area contributed by atoms with Crippen molar-refractivity contribution >= 4 is 15.8 Å². The number of carbonyl (C=O) groups is 1. The van der Waals surface area contributed by atoms with Crippen LogP contribution in [0.4, 0.5) is 0 Å². The topological polar surface area (TPSA) is 91.9 Å². The minimum atomic E-state index is -3.64. The molecule has 0 saturated carbocycles. The van der Waals surface area contributed by atoms with Crippen molar-refractivity contribution in [1.82, 2.24) is 14.9 Å². The Labute approximate surface area is 88.1 Å². The molecule has 0 aromatic carbocycles. The lowest BCUT2D eigenvalue weighted by Gasteiger charge is -2.10. The fourth-order valence-corrected chi connectivity index (χ4v) is 2.19. The van der Waals surface area contributed by atoms with Gasteiger partial charge < -0.3 is 0 Å². The molecule has 0 aliphatic heterocycles. The molecule has 0 bridgehead atoms. The Hall–Kier alpha value is -1.21. The van der Waals surface area contributed by atoms with E-state index < -0.39 is 16.1 Å². The minimum Gasteiger partial charge on any atom is -0.298 e. The maximum Gasteiger partial charge on any atom is 0.244 e. The summed E-state index contributed by atoms with van der Waals surface area (Å²) >= 11 is 0. The summed E-state index contributed by atoms with van der Waals surface area (Å²) in [6, 6.07) is -0.713. The number of ketones is 1. The van der Waals surface area contributed by atoms with Crippen LogP contribution in [-0.4, -0.2) is 30.4 Å². The molecule has 1 aromatic heterocycles. The van der Waals surface area contributed by atoms with E-state index in [9.17, 15) is 13.2 Å². The molecule has 0 saturated heterocycles. The van der Waals surface area contributed by atoms with E-state index in [4.69, 9.17) is 0 Å². The maximum atomic E-state index is 11.6. The molecule has 6 nitrogen and oxygen atoms in total. The standard InChI is InChI=1S/C8H13N3O3S/c1-3-8(12)6(2)11-15(13,14)7-4-9-10-5-7/h4-6,11H,3H2,1-2H3,(H,9,10). The second-order valence-corrected chi connectivity index (χ2v) is 4.81. The molecular formula is C8H13N3O3S. The summed E-state index contributed by atoms with van der Waals surface area (Å²) < 4.78 is 25.5. The fourth-order valence-electron chi connectivity index (χ4n) is 1.06. The van der Waals surface area contributed by atoms with Gasteiger partial charge in [0.2, 0.25) is 10.0 Å². The lowest BCUT2D eigenvalue weighted by Crippen LogP contribution is -2.37. The normalized spacial score (nSPS) is 13.7. The zero-order chi connectivity index (χ0) is 11.5. The summed E-state index contributed by atoms with van der Waals surface area (Å²) in [7, 11) is -3.64. The lowest BCUT2D eigenvalue weighted by atomic mass is 10.2. The van der Waals surface area contributed by atoms with E-state index in [1.165, 1.54) is 19.3 Å². The third kappa shape index (κ3) is 2.87. The fraction of sp³-hybridized carbons (Fsp3) is 0.500. The smallest absolute Gasteiger partial charge is 0.244 e. The Bertz CT molecular complexity index is 424. The van der Waals surface area contributed by atoms with Crippen LogP contribution < -0.4 is 4.72 Å². The molecule has 1 unspecified atom stereocenters. The van der Waals surface area contributed by atoms with Crippen LogP contribution >= 0.6 is 0 Å². The van der Waals surface area contributed by atoms with Crippen molar-refractivity contribution in [2.24, 2.45) is 0 Å². The third-order valence-corrected chi connectivity index (χ3v) is 3.45. The van der Waals surface area contributed by atoms with Gasteiger partial charge >= 0.3 is 0 Å². The highest BCUT2D eigenvalue weighted by Gasteiger charge is 2.21. The van der Waals surface area contributed by atoms with Gasteiger partial charge in [-0.1, -0.05) is 6.92 Å². The van der Waals surface area contributed by atoms with Gasteiger partial charge in [0.25, 0.3) is 0 Å². The molecule has 0 radical (unpaired) electrons. The van der Waals surface area contributed by atoms with E-state index in [-0.39, 0.29) is 10.7 Å². The predicted molar refractivity (Wildman–Crippen MR) is 53.7 cm³/mol. The molecule has 2 N–H and O–H groups in total. The number of carbonyl (C=O) groups excluding carboxylic acids is 1. The highest BCUT2D eigenvalue weighted by Crippen LogP contribution is 2.05. The highest BCUT2D eigenvalue weighted by molar-refractivity contribution is 7.89. The van der Waals surface area contributed by atoms with Crippen LogP contribution in [-0.2, 0) is 14.8 Å². The summed E-state index contributed by atoms with van der Waals surface area (Å²) in [6.45, 7) is 3.20. The Morgan fingerprint density at radius 3 is 2.80 bits per heavy atom. The number of aromatic amines is 1. The number of aromatic nitrogens is 2. The molecule has 0 aliphatic rings. The largest absolute Gasteiger partial charge is 0.298 e. The molecule has 0 aliphatic carbocycles. The van der Waals surface area contributed by atoms with Gasteiger partial charge in [-0.2, -0.15) is 5.10 Å². The van der Waals surface area contributed by atoms with Crippen LogP contribution in [0.25, 0.3) is 0 Å². The average Bonchev–Trinajstić information content (AvgIpc) is 2.69. The molecule has 0 fully saturated rings. The molecule has 1 rings (SSSR count). The van der Waals surface area contributed by atoms with Crippen molar-refractivity contribution in [2.75, 3.05) is 0 Å². The van der Waals surface area contributed by atoms with Crippen LogP contribution in [0.5, 0.6) is 0 Å². The zero-order valence-electron chi connectivity index (χ0n) is 8.52. The number of H-pyrrole nitrogens is 1. The number of rotatable bonds is 5. The lowest BCUT2D eigenvalue weighted by molar-refractivity contribution is -0.119. The maximum absolute atomic E-state index is 11.6. The van der Waals surface area contributed by atoms with Gasteiger partial charge in [-0.05, 0) is 6.92 Å². The number of sulfonamides is 1. The molecule has 0 amide bonds. The predicted octanol–water partition coefficient (Wildman–Crippen LogP) is 0.0556. The molecule has 7 heteroatoms. The summed E-state index contributed by atoms with van der Waals surface area (Å²) in [6.07, 6.45) is 2.74. The second kappa shape index (κ2) is 4.54. The number of hydrogen-bond acceptors (Lipinski definition) is 4. The number of Topliss-reactive ketones (excluding diaryl/α,β-unsaturated/α-hetero) is 1. The first-order valence-electron chi connectivity index (χ1n) is 4.51. The van der Waals surface area contributed by atoms with Crippen molar-refractivity contribution in [3.05, 3.63) is 12.4 Å². The first-order chi connectivity index (χ1) is 6.97. The van der Waals surface area contributed by atoms with Gasteiger partial charge in [0.15, 0.2) is 0 Å². The van der Waals surface area contributed by atoms with Gasteiger partial charge in [0.1, 0.15) is 10.7 Å². The Kier molecular flexibility index (Phi) is 3.59. The summed E-state index contributed by atoms with van der Waals surface area (Å²) in [4.78, 5) is 11.2. The molecule has 1 atom stereocenters. The van der Waals surface area contributed by atoms with Crippen molar-refractivity contribution < 1.29 is 13.2 Å². The van der Waals surface area contributed by atoms with Gasteiger partial charge in [-0.25, -0.2) is 13.1 Å². The van der Waals surface area contributed by atoms with Crippen LogP contribution in [0.15, 0.2) is 17.3 Å². The number of nitrogens with one attached hydrogen (secondary N) is 2. The van der Waals surface area contributed by atoms with Gasteiger partial charge in [-0.15, -0.1) is 0 Å². The number of nitrogens with zero attached hydrogens (tertiary/aromatic N) is 1. The molecule has 1 heterocycles.